The fourth-order valence-electron chi connectivity index (χ4n) is 6.85. The molecule has 5 atom stereocenters. The van der Waals surface area contributed by atoms with Gasteiger partial charge in [0.15, 0.2) is 18.0 Å². The first-order chi connectivity index (χ1) is 32.1. The van der Waals surface area contributed by atoms with Gasteiger partial charge in [-0.25, -0.2) is 24.0 Å². The van der Waals surface area contributed by atoms with Crippen LogP contribution in [0.3, 0.4) is 0 Å². The highest BCUT2D eigenvalue weighted by atomic mass is 16.7. The quantitative estimate of drug-likeness (QED) is 0.0281. The van der Waals surface area contributed by atoms with E-state index in [1.165, 1.54) is 54.6 Å². The molecule has 2 heterocycles. The number of hydrogen-bond acceptors (Lipinski definition) is 15. The van der Waals surface area contributed by atoms with E-state index < -0.39 is 78.5 Å². The van der Waals surface area contributed by atoms with Crippen LogP contribution in [0.2, 0.25) is 0 Å². The number of ether oxygens (including phenoxy) is 8. The molecule has 0 N–H and O–H groups in total. The Hall–Kier alpha value is -8.04. The number of carbonyl (C=O) groups is 5. The minimum Gasteiger partial charge on any atom is -0.488 e. The monoisotopic (exact) mass is 896 g/mol. The standard InChI is InChI=1S/C51H44O15/c1-3-4-5-18-29-58-41-38-28-27-37(30-39(38)62-50(57)44(41)60-32(2)52)61-51-45(66-49(56)36-25-16-9-17-26-36)43(65-48(55)35-23-14-8-15-24-35)42(64-47(54)34-21-12-7-13-22-34)40(63-51)31-59-46(53)33-19-10-6-11-20-33/h4-17,19-28,30,40,42-43,45,51H,3,18,29,31H2,1-2H3/t40-,42+,43+,45-,51-/m1/s1. The zero-order valence-corrected chi connectivity index (χ0v) is 35.8. The Morgan fingerprint density at radius 1 is 0.606 bits per heavy atom. The van der Waals surface area contributed by atoms with Crippen molar-refractivity contribution >= 4 is 40.8 Å². The number of rotatable bonds is 17. The van der Waals surface area contributed by atoms with Crippen molar-refractivity contribution in [1.82, 2.24) is 0 Å². The molecule has 6 aromatic rings. The Balaban J connectivity index is 1.32. The first-order valence-electron chi connectivity index (χ1n) is 21.0. The molecular weight excluding hydrogens is 853 g/mol. The van der Waals surface area contributed by atoms with Crippen LogP contribution in [0.15, 0.2) is 161 Å². The molecule has 7 rings (SSSR count). The van der Waals surface area contributed by atoms with Gasteiger partial charge < -0.3 is 42.3 Å². The number of fused-ring (bicyclic) bond motifs is 1. The van der Waals surface area contributed by atoms with Gasteiger partial charge in [0.25, 0.3) is 5.75 Å². The SMILES string of the molecule is CCC=CCCOc1c(OC(C)=O)c(=O)oc2cc(O[C@@H]3O[C@H](COC(=O)c4ccccc4)[C@H](OC(=O)c4ccccc4)[C@H](OC(=O)c4ccccc4)[C@H]3OC(=O)c3ccccc3)ccc12. The maximum atomic E-state index is 14.0. The lowest BCUT2D eigenvalue weighted by Gasteiger charge is -2.44. The summed E-state index contributed by atoms with van der Waals surface area (Å²) in [5.41, 5.74) is -0.542. The van der Waals surface area contributed by atoms with Crippen molar-refractivity contribution in [3.63, 3.8) is 0 Å². The second-order valence-corrected chi connectivity index (χ2v) is 14.6. The average Bonchev–Trinajstić information content (AvgIpc) is 3.34. The van der Waals surface area contributed by atoms with Gasteiger partial charge in [-0.3, -0.25) is 4.79 Å². The molecule has 0 spiro atoms. The molecular formula is C51H44O15. The molecule has 1 saturated heterocycles. The molecule has 0 radical (unpaired) electrons. The average molecular weight is 897 g/mol. The van der Waals surface area contributed by atoms with E-state index in [1.54, 1.807) is 84.9 Å². The van der Waals surface area contributed by atoms with E-state index in [4.69, 9.17) is 42.3 Å². The molecule has 1 aromatic heterocycles. The lowest BCUT2D eigenvalue weighted by molar-refractivity contribution is -0.275. The Kier molecular flexibility index (Phi) is 15.4. The van der Waals surface area contributed by atoms with Crippen LogP contribution >= 0.6 is 0 Å². The second kappa shape index (κ2) is 22.0. The maximum absolute atomic E-state index is 14.0. The van der Waals surface area contributed by atoms with Crippen LogP contribution in [0.1, 0.15) is 68.1 Å². The second-order valence-electron chi connectivity index (χ2n) is 14.6. The predicted octanol–water partition coefficient (Wildman–Crippen LogP) is 8.09. The van der Waals surface area contributed by atoms with Crippen LogP contribution in [0.4, 0.5) is 0 Å². The summed E-state index contributed by atoms with van der Waals surface area (Å²) in [6.07, 6.45) is -3.00. The van der Waals surface area contributed by atoms with Crippen LogP contribution in [0, 0.1) is 0 Å². The Labute approximate surface area is 378 Å². The summed E-state index contributed by atoms with van der Waals surface area (Å²) in [7, 11) is 0. The van der Waals surface area contributed by atoms with Crippen molar-refractivity contribution in [1.29, 1.82) is 0 Å². The van der Waals surface area contributed by atoms with E-state index >= 15 is 0 Å². The van der Waals surface area contributed by atoms with Gasteiger partial charge in [0, 0.05) is 13.0 Å². The van der Waals surface area contributed by atoms with Gasteiger partial charge in [-0.05, 0) is 73.5 Å². The fourth-order valence-corrected chi connectivity index (χ4v) is 6.85. The predicted molar refractivity (Wildman–Crippen MR) is 236 cm³/mol. The van der Waals surface area contributed by atoms with Crippen molar-refractivity contribution in [3.8, 4) is 17.2 Å². The third kappa shape index (κ3) is 11.6. The molecule has 0 unspecified atom stereocenters. The highest BCUT2D eigenvalue weighted by molar-refractivity contribution is 5.92. The molecule has 0 amide bonds. The molecule has 0 saturated carbocycles. The minimum absolute atomic E-state index is 0.0265. The minimum atomic E-state index is -1.70. The summed E-state index contributed by atoms with van der Waals surface area (Å²) < 4.78 is 53.8. The molecule has 338 valence electrons. The van der Waals surface area contributed by atoms with Gasteiger partial charge in [-0.15, -0.1) is 0 Å². The van der Waals surface area contributed by atoms with E-state index in [9.17, 15) is 28.8 Å². The number of allylic oxidation sites excluding steroid dienone is 1. The number of benzene rings is 5. The Bertz CT molecular complexity index is 2720. The van der Waals surface area contributed by atoms with Crippen LogP contribution in [0.25, 0.3) is 11.0 Å². The summed E-state index contributed by atoms with van der Waals surface area (Å²) in [4.78, 5) is 80.5. The van der Waals surface area contributed by atoms with Crippen molar-refractivity contribution in [2.24, 2.45) is 0 Å². The lowest BCUT2D eigenvalue weighted by Crippen LogP contribution is -2.63. The molecule has 15 nitrogen and oxygen atoms in total. The molecule has 1 aliphatic rings. The van der Waals surface area contributed by atoms with E-state index in [-0.39, 0.29) is 51.3 Å². The summed E-state index contributed by atoms with van der Waals surface area (Å²) in [5.74, 6) is -4.70. The van der Waals surface area contributed by atoms with Crippen molar-refractivity contribution < 1.29 is 66.3 Å². The van der Waals surface area contributed by atoms with Gasteiger partial charge in [0.05, 0.1) is 34.2 Å². The molecule has 0 bridgehead atoms. The Morgan fingerprint density at radius 3 is 1.65 bits per heavy atom. The van der Waals surface area contributed by atoms with Crippen LogP contribution in [-0.4, -0.2) is 73.8 Å². The third-order valence-corrected chi connectivity index (χ3v) is 9.96. The van der Waals surface area contributed by atoms with Gasteiger partial charge in [-0.1, -0.05) is 91.9 Å². The summed E-state index contributed by atoms with van der Waals surface area (Å²) in [6, 6.07) is 36.2. The first-order valence-corrected chi connectivity index (χ1v) is 21.0. The summed E-state index contributed by atoms with van der Waals surface area (Å²) in [6.45, 7) is 2.66. The Morgan fingerprint density at radius 2 is 1.12 bits per heavy atom. The van der Waals surface area contributed by atoms with Crippen molar-refractivity contribution in [2.45, 2.75) is 57.4 Å². The number of carbonyl (C=O) groups excluding carboxylic acids is 5. The van der Waals surface area contributed by atoms with Crippen molar-refractivity contribution in [3.05, 3.63) is 184 Å². The molecule has 5 aromatic carbocycles. The van der Waals surface area contributed by atoms with Gasteiger partial charge in [0.2, 0.25) is 12.4 Å². The van der Waals surface area contributed by atoms with Crippen LogP contribution < -0.4 is 19.8 Å². The highest BCUT2D eigenvalue weighted by Crippen LogP contribution is 2.37. The van der Waals surface area contributed by atoms with Gasteiger partial charge >= 0.3 is 35.5 Å². The molecule has 15 heteroatoms. The zero-order chi connectivity index (χ0) is 46.4. The smallest absolute Gasteiger partial charge is 0.383 e. The normalized spacial score (nSPS) is 17.9. The van der Waals surface area contributed by atoms with E-state index in [2.05, 4.69) is 0 Å². The molecule has 0 aliphatic carbocycles. The van der Waals surface area contributed by atoms with Gasteiger partial charge in [-0.2, -0.15) is 0 Å². The maximum Gasteiger partial charge on any atom is 0.383 e. The highest BCUT2D eigenvalue weighted by Gasteiger charge is 2.54. The molecule has 1 aliphatic heterocycles. The number of esters is 5. The van der Waals surface area contributed by atoms with Gasteiger partial charge in [0.1, 0.15) is 24.0 Å². The summed E-state index contributed by atoms with van der Waals surface area (Å²) >= 11 is 0. The van der Waals surface area contributed by atoms with Crippen LogP contribution in [-0.2, 0) is 28.5 Å². The van der Waals surface area contributed by atoms with Crippen LogP contribution in [0.5, 0.6) is 17.2 Å². The third-order valence-electron chi connectivity index (χ3n) is 9.96. The lowest BCUT2D eigenvalue weighted by atomic mass is 9.97. The molecule has 1 fully saturated rings. The number of hydrogen-bond donors (Lipinski definition) is 0. The largest absolute Gasteiger partial charge is 0.488 e. The molecule has 66 heavy (non-hydrogen) atoms. The zero-order valence-electron chi connectivity index (χ0n) is 35.8. The van der Waals surface area contributed by atoms with E-state index in [0.29, 0.717) is 6.42 Å². The van der Waals surface area contributed by atoms with E-state index in [1.807, 2.05) is 19.1 Å². The topological polar surface area (TPSA) is 189 Å². The fraction of sp³-hybridized carbons (Fsp3) is 0.216. The summed E-state index contributed by atoms with van der Waals surface area (Å²) in [5, 5.41) is 0.238. The van der Waals surface area contributed by atoms with E-state index in [0.717, 1.165) is 13.3 Å². The first kappa shape index (κ1) is 46.0. The van der Waals surface area contributed by atoms with Crippen molar-refractivity contribution in [2.75, 3.05) is 13.2 Å².